The van der Waals surface area contributed by atoms with Crippen molar-refractivity contribution in [2.75, 3.05) is 18.5 Å². The van der Waals surface area contributed by atoms with E-state index < -0.39 is 18.5 Å². The van der Waals surface area contributed by atoms with Gasteiger partial charge in [-0.3, -0.25) is 24.1 Å². The number of likely N-dealkylation sites (tertiary alicyclic amines) is 1. The van der Waals surface area contributed by atoms with Gasteiger partial charge < -0.3 is 10.1 Å². The predicted octanol–water partition coefficient (Wildman–Crippen LogP) is 3.02. The molecule has 1 aliphatic carbocycles. The second-order valence-corrected chi connectivity index (χ2v) is 7.87. The van der Waals surface area contributed by atoms with Crippen LogP contribution in [0.5, 0.6) is 0 Å². The molecule has 7 heteroatoms. The zero-order valence-electron chi connectivity index (χ0n) is 17.4. The highest BCUT2D eigenvalue weighted by atomic mass is 16.5. The summed E-state index contributed by atoms with van der Waals surface area (Å²) in [4.78, 5) is 49.9. The zero-order chi connectivity index (χ0) is 21.7. The Balaban J connectivity index is 1.41. The molecule has 1 aromatic carbocycles. The lowest BCUT2D eigenvalue weighted by atomic mass is 9.85. The highest BCUT2D eigenvalue weighted by molar-refractivity contribution is 6.05. The summed E-state index contributed by atoms with van der Waals surface area (Å²) in [6, 6.07) is 7.57. The Morgan fingerprint density at radius 2 is 1.70 bits per heavy atom. The smallest absolute Gasteiger partial charge is 0.308 e. The molecule has 160 valence electrons. The molecule has 7 nitrogen and oxygen atoms in total. The Kier molecular flexibility index (Phi) is 7.03. The molecule has 1 aromatic rings. The number of carbonyl (C=O) groups excluding carboxylic acids is 4. The molecule has 1 heterocycles. The monoisotopic (exact) mass is 412 g/mol. The summed E-state index contributed by atoms with van der Waals surface area (Å²) in [6.07, 6.45) is 5.88. The fraction of sp³-hybridized carbons (Fsp3) is 0.478. The van der Waals surface area contributed by atoms with E-state index in [1.807, 2.05) is 36.4 Å². The summed E-state index contributed by atoms with van der Waals surface area (Å²) < 4.78 is 4.99. The third-order valence-electron chi connectivity index (χ3n) is 5.88. The van der Waals surface area contributed by atoms with Gasteiger partial charge in [0.1, 0.15) is 0 Å². The third-order valence-corrected chi connectivity index (χ3v) is 5.88. The molecule has 1 fully saturated rings. The number of benzene rings is 1. The average Bonchev–Trinajstić information content (AvgIpc) is 3.01. The number of hydrogen-bond acceptors (Lipinski definition) is 5. The van der Waals surface area contributed by atoms with Crippen LogP contribution in [0, 0.1) is 11.8 Å². The first-order valence-corrected chi connectivity index (χ1v) is 10.5. The van der Waals surface area contributed by atoms with Crippen LogP contribution in [0.3, 0.4) is 0 Å². The van der Waals surface area contributed by atoms with E-state index in [4.69, 9.17) is 4.74 Å². The summed E-state index contributed by atoms with van der Waals surface area (Å²) >= 11 is 0. The SMILES string of the molecule is CC[C@@H](C)c1ccc(NC(=O)COC(=O)CCN2C(=O)[C@H]3CC=CC[C@@H]3C2=O)cc1. The fourth-order valence-electron chi connectivity index (χ4n) is 3.84. The minimum absolute atomic E-state index is 0.0117. The number of nitrogens with zero attached hydrogens (tertiary/aromatic N) is 1. The van der Waals surface area contributed by atoms with E-state index in [0.29, 0.717) is 24.4 Å². The number of anilines is 1. The number of allylic oxidation sites excluding steroid dienone is 2. The molecule has 0 spiro atoms. The molecular formula is C23H28N2O5. The summed E-state index contributed by atoms with van der Waals surface area (Å²) in [5, 5.41) is 2.68. The summed E-state index contributed by atoms with van der Waals surface area (Å²) in [5.74, 6) is -1.67. The molecule has 3 amide bonds. The van der Waals surface area contributed by atoms with Crippen LogP contribution in [0.2, 0.25) is 0 Å². The van der Waals surface area contributed by atoms with Gasteiger partial charge in [-0.05, 0) is 42.9 Å². The fourth-order valence-corrected chi connectivity index (χ4v) is 3.84. The molecule has 2 aliphatic rings. The van der Waals surface area contributed by atoms with Crippen LogP contribution in [-0.4, -0.2) is 41.7 Å². The maximum absolute atomic E-state index is 12.4. The maximum Gasteiger partial charge on any atom is 0.308 e. The topological polar surface area (TPSA) is 92.8 Å². The van der Waals surface area contributed by atoms with Gasteiger partial charge in [0.05, 0.1) is 18.3 Å². The molecule has 0 unspecified atom stereocenters. The largest absolute Gasteiger partial charge is 0.456 e. The van der Waals surface area contributed by atoms with Crippen LogP contribution in [-0.2, 0) is 23.9 Å². The lowest BCUT2D eigenvalue weighted by Crippen LogP contribution is -2.33. The second-order valence-electron chi connectivity index (χ2n) is 7.87. The number of imide groups is 1. The molecule has 1 aliphatic heterocycles. The van der Waals surface area contributed by atoms with Crippen molar-refractivity contribution in [2.45, 2.75) is 45.4 Å². The maximum atomic E-state index is 12.4. The van der Waals surface area contributed by atoms with Gasteiger partial charge in [0.15, 0.2) is 6.61 Å². The van der Waals surface area contributed by atoms with Gasteiger partial charge in [-0.2, -0.15) is 0 Å². The van der Waals surface area contributed by atoms with Gasteiger partial charge in [-0.25, -0.2) is 0 Å². The van der Waals surface area contributed by atoms with Crippen molar-refractivity contribution in [1.82, 2.24) is 4.90 Å². The van der Waals surface area contributed by atoms with Gasteiger partial charge in [0, 0.05) is 12.2 Å². The Hall–Kier alpha value is -2.96. The number of nitrogens with one attached hydrogen (secondary N) is 1. The number of ether oxygens (including phenoxy) is 1. The van der Waals surface area contributed by atoms with Gasteiger partial charge >= 0.3 is 5.97 Å². The molecular weight excluding hydrogens is 384 g/mol. The van der Waals surface area contributed by atoms with Crippen LogP contribution in [0.4, 0.5) is 5.69 Å². The Morgan fingerprint density at radius 1 is 1.10 bits per heavy atom. The van der Waals surface area contributed by atoms with Crippen LogP contribution in [0.25, 0.3) is 0 Å². The van der Waals surface area contributed by atoms with E-state index in [0.717, 1.165) is 11.3 Å². The normalized spacial score (nSPS) is 21.3. The molecule has 1 N–H and O–H groups in total. The van der Waals surface area contributed by atoms with E-state index in [-0.39, 0.29) is 36.6 Å². The zero-order valence-corrected chi connectivity index (χ0v) is 17.4. The minimum atomic E-state index is -0.620. The Labute approximate surface area is 176 Å². The average molecular weight is 412 g/mol. The summed E-state index contributed by atoms with van der Waals surface area (Å²) in [6.45, 7) is 3.83. The van der Waals surface area contributed by atoms with Crippen molar-refractivity contribution in [3.8, 4) is 0 Å². The quantitative estimate of drug-likeness (QED) is 0.402. The van der Waals surface area contributed by atoms with Crippen molar-refractivity contribution in [3.05, 3.63) is 42.0 Å². The van der Waals surface area contributed by atoms with Gasteiger partial charge in [0.2, 0.25) is 11.8 Å². The van der Waals surface area contributed by atoms with Crippen molar-refractivity contribution in [3.63, 3.8) is 0 Å². The number of carbonyl (C=O) groups is 4. The van der Waals surface area contributed by atoms with Crippen LogP contribution in [0.1, 0.15) is 51.0 Å². The van der Waals surface area contributed by atoms with Gasteiger partial charge in [0.25, 0.3) is 5.91 Å². The lowest BCUT2D eigenvalue weighted by molar-refractivity contribution is -0.148. The molecule has 0 radical (unpaired) electrons. The summed E-state index contributed by atoms with van der Waals surface area (Å²) in [7, 11) is 0. The second kappa shape index (κ2) is 9.69. The van der Waals surface area contributed by atoms with E-state index in [1.165, 1.54) is 5.56 Å². The number of fused-ring (bicyclic) bond motifs is 1. The molecule has 0 bridgehead atoms. The number of esters is 1. The van der Waals surface area contributed by atoms with Gasteiger partial charge in [-0.15, -0.1) is 0 Å². The first-order valence-electron chi connectivity index (χ1n) is 10.5. The molecule has 0 aromatic heterocycles. The van der Waals surface area contributed by atoms with E-state index in [9.17, 15) is 19.2 Å². The number of amides is 3. The predicted molar refractivity (Wildman–Crippen MR) is 111 cm³/mol. The van der Waals surface area contributed by atoms with Crippen molar-refractivity contribution in [1.29, 1.82) is 0 Å². The number of rotatable bonds is 8. The molecule has 0 saturated carbocycles. The van der Waals surface area contributed by atoms with E-state index in [2.05, 4.69) is 19.2 Å². The van der Waals surface area contributed by atoms with Crippen molar-refractivity contribution < 1.29 is 23.9 Å². The molecule has 30 heavy (non-hydrogen) atoms. The first kappa shape index (κ1) is 21.7. The van der Waals surface area contributed by atoms with Crippen LogP contribution < -0.4 is 5.32 Å². The highest BCUT2D eigenvalue weighted by Gasteiger charge is 2.46. The van der Waals surface area contributed by atoms with Crippen molar-refractivity contribution >= 4 is 29.4 Å². The lowest BCUT2D eigenvalue weighted by Gasteiger charge is -2.14. The first-order chi connectivity index (χ1) is 14.4. The molecule has 3 rings (SSSR count). The molecule has 1 saturated heterocycles. The summed E-state index contributed by atoms with van der Waals surface area (Å²) in [5.41, 5.74) is 1.83. The van der Waals surface area contributed by atoms with E-state index >= 15 is 0 Å². The standard InChI is InChI=1S/C23H28N2O5/c1-3-15(2)16-8-10-17(11-9-16)24-20(26)14-30-21(27)12-13-25-22(28)18-6-4-5-7-19(18)23(25)29/h4-5,8-11,15,18-19H,3,6-7,12-14H2,1-2H3,(H,24,26)/t15-,18+,19+/m1/s1. The minimum Gasteiger partial charge on any atom is -0.456 e. The van der Waals surface area contributed by atoms with Gasteiger partial charge in [-0.1, -0.05) is 38.1 Å². The number of hydrogen-bond donors (Lipinski definition) is 1. The van der Waals surface area contributed by atoms with Crippen LogP contribution in [0.15, 0.2) is 36.4 Å². The van der Waals surface area contributed by atoms with E-state index in [1.54, 1.807) is 0 Å². The van der Waals surface area contributed by atoms with Crippen molar-refractivity contribution in [2.24, 2.45) is 11.8 Å². The highest BCUT2D eigenvalue weighted by Crippen LogP contribution is 2.35. The van der Waals surface area contributed by atoms with Crippen LogP contribution >= 0.6 is 0 Å². The Morgan fingerprint density at radius 3 is 2.27 bits per heavy atom. The Bertz CT molecular complexity index is 820. The third kappa shape index (κ3) is 4.96. The molecule has 3 atom stereocenters.